The first-order valence-electron chi connectivity index (χ1n) is 8.47. The molecule has 6 heteroatoms. The topological polar surface area (TPSA) is 88.2 Å². The maximum absolute atomic E-state index is 12.2. The Kier molecular flexibility index (Phi) is 5.99. The van der Waals surface area contributed by atoms with Gasteiger partial charge in [0.1, 0.15) is 0 Å². The first-order valence-corrected chi connectivity index (χ1v) is 8.47. The number of amides is 1. The molecule has 0 radical (unpaired) electrons. The average molecular weight is 355 g/mol. The summed E-state index contributed by atoms with van der Waals surface area (Å²) in [5, 5.41) is 11.7. The molecule has 0 unspecified atom stereocenters. The van der Waals surface area contributed by atoms with Crippen LogP contribution in [0.2, 0.25) is 0 Å². The molecular formula is C20H21NO5. The van der Waals surface area contributed by atoms with Crippen LogP contribution in [0.4, 0.5) is 0 Å². The van der Waals surface area contributed by atoms with Crippen molar-refractivity contribution in [1.82, 2.24) is 5.32 Å². The van der Waals surface area contributed by atoms with Crippen molar-refractivity contribution in [1.29, 1.82) is 0 Å². The minimum atomic E-state index is -1.12. The predicted molar refractivity (Wildman–Crippen MR) is 94.5 cm³/mol. The molecular weight excluding hydrogens is 334 g/mol. The minimum Gasteiger partial charge on any atom is -0.479 e. The maximum Gasteiger partial charge on any atom is 0.336 e. The highest BCUT2D eigenvalue weighted by Crippen LogP contribution is 2.22. The molecule has 1 aliphatic heterocycles. The van der Waals surface area contributed by atoms with Crippen LogP contribution >= 0.6 is 0 Å². The number of aliphatic carboxylic acids is 1. The first-order chi connectivity index (χ1) is 12.6. The van der Waals surface area contributed by atoms with Crippen LogP contribution in [-0.4, -0.2) is 41.8 Å². The van der Waals surface area contributed by atoms with Crippen LogP contribution < -0.4 is 5.32 Å². The van der Waals surface area contributed by atoms with Gasteiger partial charge >= 0.3 is 5.97 Å². The van der Waals surface area contributed by atoms with Gasteiger partial charge in [0.25, 0.3) is 5.91 Å². The second kappa shape index (κ2) is 8.60. The molecule has 2 aromatic carbocycles. The van der Waals surface area contributed by atoms with E-state index in [4.69, 9.17) is 14.6 Å². The van der Waals surface area contributed by atoms with Crippen LogP contribution in [0, 0.1) is 0 Å². The van der Waals surface area contributed by atoms with Crippen LogP contribution in [0.3, 0.4) is 0 Å². The van der Waals surface area contributed by atoms with Gasteiger partial charge in [-0.3, -0.25) is 4.79 Å². The van der Waals surface area contributed by atoms with Crippen LogP contribution in [-0.2, 0) is 32.1 Å². The fraction of sp³-hybridized carbons (Fsp3) is 0.300. The molecule has 2 N–H and O–H groups in total. The van der Waals surface area contributed by atoms with Crippen molar-refractivity contribution in [2.75, 3.05) is 6.61 Å². The standard InChI is InChI=1S/C20H21NO5/c22-19(17-18(26-17)20(23)24)21-16(11-14-7-3-1-4-8-14)13-25-12-15-9-5-2-6-10-15/h1-10,16-18H,11-13H2,(H,21,22)(H,23,24)/t16-,17-,18-/m0/s1. The van der Waals surface area contributed by atoms with E-state index in [0.717, 1.165) is 11.1 Å². The molecule has 0 aliphatic carbocycles. The second-order valence-corrected chi connectivity index (χ2v) is 6.21. The van der Waals surface area contributed by atoms with E-state index >= 15 is 0 Å². The zero-order chi connectivity index (χ0) is 18.4. The van der Waals surface area contributed by atoms with E-state index < -0.39 is 24.1 Å². The Hall–Kier alpha value is -2.70. The zero-order valence-corrected chi connectivity index (χ0v) is 14.2. The van der Waals surface area contributed by atoms with Gasteiger partial charge in [-0.1, -0.05) is 60.7 Å². The molecule has 0 bridgehead atoms. The maximum atomic E-state index is 12.2. The fourth-order valence-corrected chi connectivity index (χ4v) is 2.73. The lowest BCUT2D eigenvalue weighted by molar-refractivity contribution is -0.138. The molecule has 1 saturated heterocycles. The smallest absolute Gasteiger partial charge is 0.336 e. The van der Waals surface area contributed by atoms with E-state index in [1.165, 1.54) is 0 Å². The number of carbonyl (C=O) groups is 2. The van der Waals surface area contributed by atoms with Gasteiger partial charge in [0.05, 0.1) is 19.3 Å². The van der Waals surface area contributed by atoms with Crippen molar-refractivity contribution in [2.24, 2.45) is 0 Å². The van der Waals surface area contributed by atoms with Crippen LogP contribution in [0.1, 0.15) is 11.1 Å². The van der Waals surface area contributed by atoms with Crippen molar-refractivity contribution in [3.63, 3.8) is 0 Å². The van der Waals surface area contributed by atoms with E-state index in [-0.39, 0.29) is 6.04 Å². The van der Waals surface area contributed by atoms with Gasteiger partial charge in [-0.05, 0) is 17.5 Å². The fourth-order valence-electron chi connectivity index (χ4n) is 2.73. The predicted octanol–water partition coefficient (Wildman–Crippen LogP) is 1.78. The van der Waals surface area contributed by atoms with E-state index in [0.29, 0.717) is 19.6 Å². The number of benzene rings is 2. The Morgan fingerprint density at radius 1 is 1.00 bits per heavy atom. The lowest BCUT2D eigenvalue weighted by Crippen LogP contribution is -2.42. The lowest BCUT2D eigenvalue weighted by atomic mass is 10.1. The van der Waals surface area contributed by atoms with Gasteiger partial charge in [-0.25, -0.2) is 4.79 Å². The quantitative estimate of drug-likeness (QED) is 0.670. The van der Waals surface area contributed by atoms with Gasteiger partial charge < -0.3 is 19.9 Å². The summed E-state index contributed by atoms with van der Waals surface area (Å²) < 4.78 is 10.7. The molecule has 26 heavy (non-hydrogen) atoms. The molecule has 0 saturated carbocycles. The van der Waals surface area contributed by atoms with E-state index in [1.54, 1.807) is 0 Å². The third-order valence-electron chi connectivity index (χ3n) is 4.10. The summed E-state index contributed by atoms with van der Waals surface area (Å²) in [4.78, 5) is 23.1. The highest BCUT2D eigenvalue weighted by atomic mass is 16.6. The SMILES string of the molecule is O=C(O)[C@H]1O[C@@H]1C(=O)N[C@H](COCc1ccccc1)Cc1ccccc1. The molecule has 136 valence electrons. The van der Waals surface area contributed by atoms with Gasteiger partial charge in [-0.15, -0.1) is 0 Å². The highest BCUT2D eigenvalue weighted by molar-refractivity contribution is 5.92. The Balaban J connectivity index is 1.56. The Labute approximate surface area is 151 Å². The highest BCUT2D eigenvalue weighted by Gasteiger charge is 2.51. The average Bonchev–Trinajstić information content (AvgIpc) is 3.45. The summed E-state index contributed by atoms with van der Waals surface area (Å²) in [5.74, 6) is -1.54. The number of hydrogen-bond acceptors (Lipinski definition) is 4. The molecule has 1 fully saturated rings. The van der Waals surface area contributed by atoms with Crippen LogP contribution in [0.15, 0.2) is 60.7 Å². The van der Waals surface area contributed by atoms with Crippen molar-refractivity contribution < 1.29 is 24.2 Å². The summed E-state index contributed by atoms with van der Waals surface area (Å²) in [6.45, 7) is 0.764. The van der Waals surface area contributed by atoms with Crippen molar-refractivity contribution in [3.05, 3.63) is 71.8 Å². The number of rotatable bonds is 9. The Morgan fingerprint density at radius 3 is 2.19 bits per heavy atom. The lowest BCUT2D eigenvalue weighted by Gasteiger charge is -2.19. The van der Waals surface area contributed by atoms with Crippen molar-refractivity contribution >= 4 is 11.9 Å². The third kappa shape index (κ3) is 5.15. The number of epoxide rings is 1. The summed E-state index contributed by atoms with van der Waals surface area (Å²) >= 11 is 0. The van der Waals surface area contributed by atoms with Gasteiger partial charge in [0, 0.05) is 0 Å². The van der Waals surface area contributed by atoms with E-state index in [2.05, 4.69) is 5.32 Å². The molecule has 2 aromatic rings. The molecule has 1 heterocycles. The second-order valence-electron chi connectivity index (χ2n) is 6.21. The van der Waals surface area contributed by atoms with Crippen LogP contribution in [0.25, 0.3) is 0 Å². The normalized spacial score (nSPS) is 19.5. The molecule has 3 rings (SSSR count). The monoisotopic (exact) mass is 355 g/mol. The molecule has 1 amide bonds. The van der Waals surface area contributed by atoms with E-state index in [1.807, 2.05) is 60.7 Å². The van der Waals surface area contributed by atoms with Crippen molar-refractivity contribution in [2.45, 2.75) is 31.3 Å². The summed E-state index contributed by atoms with van der Waals surface area (Å²) in [5.41, 5.74) is 2.11. The molecule has 1 aliphatic rings. The molecule has 0 aromatic heterocycles. The molecule has 0 spiro atoms. The molecule has 3 atom stereocenters. The Morgan fingerprint density at radius 2 is 1.62 bits per heavy atom. The largest absolute Gasteiger partial charge is 0.479 e. The molecule has 6 nitrogen and oxygen atoms in total. The summed E-state index contributed by atoms with van der Waals surface area (Å²) in [7, 11) is 0. The Bertz CT molecular complexity index is 734. The minimum absolute atomic E-state index is 0.271. The number of carbonyl (C=O) groups excluding carboxylic acids is 1. The number of carboxylic acids is 1. The summed E-state index contributed by atoms with van der Waals surface area (Å²) in [6, 6.07) is 19.3. The van der Waals surface area contributed by atoms with Crippen LogP contribution in [0.5, 0.6) is 0 Å². The van der Waals surface area contributed by atoms with Gasteiger partial charge in [0.2, 0.25) is 0 Å². The summed E-state index contributed by atoms with van der Waals surface area (Å²) in [6.07, 6.45) is -1.37. The van der Waals surface area contributed by atoms with Crippen molar-refractivity contribution in [3.8, 4) is 0 Å². The zero-order valence-electron chi connectivity index (χ0n) is 14.2. The first kappa shape index (κ1) is 18.1. The number of hydrogen-bond donors (Lipinski definition) is 2. The van der Waals surface area contributed by atoms with Gasteiger partial charge in [0.15, 0.2) is 12.2 Å². The number of ether oxygens (including phenoxy) is 2. The third-order valence-corrected chi connectivity index (χ3v) is 4.10. The van der Waals surface area contributed by atoms with Gasteiger partial charge in [-0.2, -0.15) is 0 Å². The number of nitrogens with one attached hydrogen (secondary N) is 1. The number of carboxylic acid groups (broad SMARTS) is 1. The van der Waals surface area contributed by atoms with E-state index in [9.17, 15) is 9.59 Å².